The molecule has 0 saturated heterocycles. The van der Waals surface area contributed by atoms with Crippen molar-refractivity contribution in [3.8, 4) is 67.5 Å². The molecular weight excluding hydrogens is 719 g/mol. The van der Waals surface area contributed by atoms with Crippen molar-refractivity contribution in [2.75, 3.05) is 0 Å². The molecule has 4 heteroatoms. The fraction of sp³-hybridized carbons (Fsp3) is 0.236. The molecule has 2 aromatic heterocycles. The SMILES string of the molecule is [2H]C(C)(C)c1ccc(-n2c(-c3cc(C)cc(C)c3O)nc3c(-c4cc(-c5cc(-c6ccc(C(C)(C)C)cc6)ccn5)cc(C(C)(C)C)c4)cccc32)c(-c2ccccc2)c1. The highest BCUT2D eigenvalue weighted by Gasteiger charge is 2.25. The molecule has 2 heterocycles. The Balaban J connectivity index is 1.38. The third-order valence-corrected chi connectivity index (χ3v) is 11.5. The predicted molar refractivity (Wildman–Crippen MR) is 249 cm³/mol. The van der Waals surface area contributed by atoms with Crippen molar-refractivity contribution in [1.29, 1.82) is 0 Å². The molecular formula is C55H55N3O. The number of fused-ring (bicyclic) bond motifs is 1. The van der Waals surface area contributed by atoms with Crippen LogP contribution in [-0.4, -0.2) is 19.6 Å². The third kappa shape index (κ3) is 7.72. The summed E-state index contributed by atoms with van der Waals surface area (Å²) in [5, 5.41) is 11.8. The Kier molecular flexibility index (Phi) is 9.83. The summed E-state index contributed by atoms with van der Waals surface area (Å²) in [7, 11) is 0. The molecule has 0 aliphatic heterocycles. The van der Waals surface area contributed by atoms with Crippen molar-refractivity contribution >= 4 is 11.0 Å². The number of phenolic OH excluding ortho intramolecular Hbond substituents is 1. The Morgan fingerprint density at radius 2 is 1.31 bits per heavy atom. The van der Waals surface area contributed by atoms with E-state index in [1.807, 2.05) is 57.3 Å². The second-order valence-electron chi connectivity index (χ2n) is 18.3. The van der Waals surface area contributed by atoms with Crippen molar-refractivity contribution in [2.45, 2.75) is 86.0 Å². The lowest BCUT2D eigenvalue weighted by molar-refractivity contribution is 0.472. The molecule has 0 saturated carbocycles. The lowest BCUT2D eigenvalue weighted by Gasteiger charge is -2.22. The van der Waals surface area contributed by atoms with E-state index in [-0.39, 0.29) is 16.6 Å². The van der Waals surface area contributed by atoms with Crippen LogP contribution >= 0.6 is 0 Å². The van der Waals surface area contributed by atoms with Gasteiger partial charge in [-0.1, -0.05) is 140 Å². The molecule has 6 aromatic carbocycles. The summed E-state index contributed by atoms with van der Waals surface area (Å²) in [6, 6.07) is 47.0. The molecule has 296 valence electrons. The first-order valence-electron chi connectivity index (χ1n) is 21.1. The number of nitrogens with zero attached hydrogens (tertiary/aromatic N) is 3. The highest BCUT2D eigenvalue weighted by Crippen LogP contribution is 2.43. The van der Waals surface area contributed by atoms with Gasteiger partial charge in [-0.15, -0.1) is 0 Å². The van der Waals surface area contributed by atoms with Gasteiger partial charge in [-0.3, -0.25) is 9.55 Å². The highest BCUT2D eigenvalue weighted by atomic mass is 16.3. The van der Waals surface area contributed by atoms with Crippen molar-refractivity contribution < 1.29 is 6.48 Å². The summed E-state index contributed by atoms with van der Waals surface area (Å²) in [4.78, 5) is 10.4. The maximum atomic E-state index is 11.8. The fourth-order valence-corrected chi connectivity index (χ4v) is 8.07. The average Bonchev–Trinajstić information content (AvgIpc) is 3.60. The van der Waals surface area contributed by atoms with Crippen LogP contribution in [0, 0.1) is 13.8 Å². The number of pyridine rings is 1. The van der Waals surface area contributed by atoms with Gasteiger partial charge in [-0.25, -0.2) is 4.98 Å². The maximum absolute atomic E-state index is 11.8. The van der Waals surface area contributed by atoms with Gasteiger partial charge in [-0.05, 0) is 129 Å². The summed E-state index contributed by atoms with van der Waals surface area (Å²) in [5.41, 5.74) is 16.8. The van der Waals surface area contributed by atoms with Crippen LogP contribution < -0.4 is 0 Å². The monoisotopic (exact) mass is 774 g/mol. The van der Waals surface area contributed by atoms with E-state index in [0.717, 1.165) is 78.0 Å². The van der Waals surface area contributed by atoms with Crippen molar-refractivity contribution in [3.63, 3.8) is 0 Å². The van der Waals surface area contributed by atoms with Gasteiger partial charge < -0.3 is 5.11 Å². The summed E-state index contributed by atoms with van der Waals surface area (Å²) < 4.78 is 11.1. The molecule has 0 fully saturated rings. The Labute approximate surface area is 351 Å². The van der Waals surface area contributed by atoms with Crippen LogP contribution in [0.1, 0.15) is 90.5 Å². The smallest absolute Gasteiger partial charge is 0.149 e. The normalized spacial score (nSPS) is 12.5. The lowest BCUT2D eigenvalue weighted by atomic mass is 9.83. The number of hydrogen-bond donors (Lipinski definition) is 1. The molecule has 0 aliphatic carbocycles. The number of rotatable bonds is 7. The van der Waals surface area contributed by atoms with Gasteiger partial charge in [0, 0.05) is 24.3 Å². The van der Waals surface area contributed by atoms with Gasteiger partial charge in [0.2, 0.25) is 0 Å². The number of aromatic hydroxyl groups is 1. The first kappa shape index (κ1) is 38.3. The molecule has 59 heavy (non-hydrogen) atoms. The third-order valence-electron chi connectivity index (χ3n) is 11.5. The Morgan fingerprint density at radius 1 is 0.593 bits per heavy atom. The first-order chi connectivity index (χ1) is 28.4. The van der Waals surface area contributed by atoms with Crippen LogP contribution in [0.5, 0.6) is 5.75 Å². The molecule has 0 unspecified atom stereocenters. The largest absolute Gasteiger partial charge is 0.507 e. The van der Waals surface area contributed by atoms with Crippen LogP contribution in [0.3, 0.4) is 0 Å². The summed E-state index contributed by atoms with van der Waals surface area (Å²) in [5.74, 6) is 0.0536. The molecule has 0 amide bonds. The zero-order valence-corrected chi connectivity index (χ0v) is 36.1. The molecule has 4 nitrogen and oxygen atoms in total. The van der Waals surface area contributed by atoms with Crippen LogP contribution in [-0.2, 0) is 10.8 Å². The summed E-state index contributed by atoms with van der Waals surface area (Å²) in [6.45, 7) is 21.3. The van der Waals surface area contributed by atoms with E-state index >= 15 is 0 Å². The second-order valence-corrected chi connectivity index (χ2v) is 18.3. The van der Waals surface area contributed by atoms with Crippen LogP contribution in [0.25, 0.3) is 72.7 Å². The van der Waals surface area contributed by atoms with E-state index in [1.54, 1.807) is 0 Å². The van der Waals surface area contributed by atoms with Crippen molar-refractivity contribution in [1.82, 2.24) is 14.5 Å². The van der Waals surface area contributed by atoms with Crippen LogP contribution in [0.15, 0.2) is 140 Å². The first-order valence-corrected chi connectivity index (χ1v) is 20.6. The minimum atomic E-state index is -0.804. The molecule has 0 bridgehead atoms. The summed E-state index contributed by atoms with van der Waals surface area (Å²) >= 11 is 0. The quantitative estimate of drug-likeness (QED) is 0.175. The van der Waals surface area contributed by atoms with E-state index in [4.69, 9.17) is 11.3 Å². The molecule has 0 atom stereocenters. The fourth-order valence-electron chi connectivity index (χ4n) is 8.07. The Morgan fingerprint density at radius 3 is 2.00 bits per heavy atom. The summed E-state index contributed by atoms with van der Waals surface area (Å²) in [6.07, 6.45) is 1.91. The zero-order valence-electron chi connectivity index (χ0n) is 37.1. The van der Waals surface area contributed by atoms with Gasteiger partial charge in [0.25, 0.3) is 0 Å². The van der Waals surface area contributed by atoms with Crippen molar-refractivity contribution in [2.24, 2.45) is 0 Å². The second kappa shape index (κ2) is 15.2. The minimum absolute atomic E-state index is 0.0821. The topological polar surface area (TPSA) is 50.9 Å². The number of benzene rings is 6. The molecule has 1 N–H and O–H groups in total. The van der Waals surface area contributed by atoms with Gasteiger partial charge >= 0.3 is 0 Å². The molecule has 8 aromatic rings. The van der Waals surface area contributed by atoms with E-state index in [9.17, 15) is 5.11 Å². The van der Waals surface area contributed by atoms with Gasteiger partial charge in [0.05, 0.1) is 28.0 Å². The highest BCUT2D eigenvalue weighted by molar-refractivity contribution is 5.98. The molecule has 0 radical (unpaired) electrons. The number of aromatic nitrogens is 3. The van der Waals surface area contributed by atoms with Gasteiger partial charge in [0.1, 0.15) is 11.6 Å². The maximum Gasteiger partial charge on any atom is 0.149 e. The Bertz CT molecular complexity index is 2880. The van der Waals surface area contributed by atoms with E-state index < -0.39 is 5.89 Å². The number of aryl methyl sites for hydroxylation is 2. The average molecular weight is 775 g/mol. The van der Waals surface area contributed by atoms with E-state index in [1.165, 1.54) is 11.1 Å². The van der Waals surface area contributed by atoms with Gasteiger partial charge in [0.15, 0.2) is 0 Å². The van der Waals surface area contributed by atoms with Crippen LogP contribution in [0.2, 0.25) is 0 Å². The Hall–Kier alpha value is -6.26. The number of para-hydroxylation sites is 1. The van der Waals surface area contributed by atoms with Crippen LogP contribution in [0.4, 0.5) is 0 Å². The standard InChI is InChI=1S/C55H55N3O/c1-34(2)39-21-24-49(46(32-39)38-15-12-11-13-16-38)58-50-18-14-17-45(51(50)57-53(58)47-28-35(3)27-36(4)52(47)59)41-29-42(31-44(30-41)55(8,9)10)48-33-40(25-26-56-48)37-19-22-43(23-20-37)54(5,6)7/h11-34,59H,1-10H3/i34D. The zero-order chi connectivity index (χ0) is 42.7. The number of hydrogen-bond acceptors (Lipinski definition) is 3. The number of imidazole rings is 1. The van der Waals surface area contributed by atoms with E-state index in [2.05, 4.69) is 156 Å². The lowest BCUT2D eigenvalue weighted by Crippen LogP contribution is -2.11. The number of phenols is 1. The molecule has 0 aliphatic rings. The predicted octanol–water partition coefficient (Wildman–Crippen LogP) is 14.8. The van der Waals surface area contributed by atoms with Crippen molar-refractivity contribution in [3.05, 3.63) is 167 Å². The molecule has 0 spiro atoms. The van der Waals surface area contributed by atoms with Gasteiger partial charge in [-0.2, -0.15) is 0 Å². The minimum Gasteiger partial charge on any atom is -0.507 e. The van der Waals surface area contributed by atoms with E-state index in [0.29, 0.717) is 11.4 Å². The molecule has 8 rings (SSSR count).